The van der Waals surface area contributed by atoms with Crippen LogP contribution < -0.4 is 0 Å². The van der Waals surface area contributed by atoms with E-state index in [1.54, 1.807) is 13.8 Å². The third kappa shape index (κ3) is 2.33. The number of aliphatic carboxylic acids is 1. The first kappa shape index (κ1) is 14.6. The molecule has 1 unspecified atom stereocenters. The summed E-state index contributed by atoms with van der Waals surface area (Å²) in [6, 6.07) is 5.75. The van der Waals surface area contributed by atoms with Gasteiger partial charge in [0.1, 0.15) is 0 Å². The van der Waals surface area contributed by atoms with E-state index in [1.807, 2.05) is 25.1 Å². The highest BCUT2D eigenvalue weighted by Gasteiger charge is 2.37. The van der Waals surface area contributed by atoms with Crippen molar-refractivity contribution in [1.82, 2.24) is 20.2 Å². The molecule has 2 rings (SSSR count). The fraction of sp³-hybridized carbons (Fsp3) is 0.385. The maximum atomic E-state index is 11.5. The molecule has 1 heterocycles. The molecule has 0 radical (unpaired) electrons. The molecule has 6 nitrogen and oxygen atoms in total. The zero-order valence-electron chi connectivity index (χ0n) is 11.5. The van der Waals surface area contributed by atoms with E-state index in [0.29, 0.717) is 12.2 Å². The summed E-state index contributed by atoms with van der Waals surface area (Å²) in [7, 11) is 0. The van der Waals surface area contributed by atoms with Crippen molar-refractivity contribution in [3.8, 4) is 11.4 Å². The molecule has 2 aromatic rings. The molecule has 0 saturated carbocycles. The van der Waals surface area contributed by atoms with Crippen LogP contribution in [-0.4, -0.2) is 31.3 Å². The highest BCUT2D eigenvalue weighted by molar-refractivity contribution is 9.10. The van der Waals surface area contributed by atoms with Crippen molar-refractivity contribution in [1.29, 1.82) is 0 Å². The number of rotatable bonds is 4. The molecule has 0 amide bonds. The van der Waals surface area contributed by atoms with Gasteiger partial charge in [-0.3, -0.25) is 0 Å². The molecule has 1 aromatic carbocycles. The maximum Gasteiger partial charge on any atom is 0.331 e. The van der Waals surface area contributed by atoms with Gasteiger partial charge in [0, 0.05) is 10.0 Å². The quantitative estimate of drug-likeness (QED) is 0.926. The predicted octanol–water partition coefficient (Wildman–Crippen LogP) is 2.62. The summed E-state index contributed by atoms with van der Waals surface area (Å²) in [4.78, 5) is 11.5. The summed E-state index contributed by atoms with van der Waals surface area (Å²) < 4.78 is 2.20. The lowest BCUT2D eigenvalue weighted by Gasteiger charge is -2.24. The number of carbonyl (C=O) groups is 1. The van der Waals surface area contributed by atoms with Gasteiger partial charge in [0.2, 0.25) is 0 Å². The minimum Gasteiger partial charge on any atom is -0.479 e. The zero-order valence-corrected chi connectivity index (χ0v) is 13.0. The summed E-state index contributed by atoms with van der Waals surface area (Å²) in [6.45, 7) is 5.38. The third-order valence-corrected chi connectivity index (χ3v) is 4.11. The monoisotopic (exact) mass is 338 g/mol. The van der Waals surface area contributed by atoms with Crippen LogP contribution in [0.2, 0.25) is 0 Å². The first-order chi connectivity index (χ1) is 9.40. The Morgan fingerprint density at radius 3 is 2.75 bits per heavy atom. The molecule has 0 aliphatic rings. The van der Waals surface area contributed by atoms with Crippen LogP contribution in [0.5, 0.6) is 0 Å². The number of aryl methyl sites for hydroxylation is 1. The summed E-state index contributed by atoms with van der Waals surface area (Å²) in [5, 5.41) is 21.0. The fourth-order valence-electron chi connectivity index (χ4n) is 1.88. The average Bonchev–Trinajstić information content (AvgIpc) is 2.87. The van der Waals surface area contributed by atoms with Crippen LogP contribution in [0.15, 0.2) is 22.7 Å². The molecule has 1 aromatic heterocycles. The molecule has 106 valence electrons. The molecule has 0 bridgehead atoms. The van der Waals surface area contributed by atoms with Crippen LogP contribution >= 0.6 is 15.9 Å². The molecule has 20 heavy (non-hydrogen) atoms. The highest BCUT2D eigenvalue weighted by atomic mass is 79.9. The first-order valence-electron chi connectivity index (χ1n) is 6.19. The topological polar surface area (TPSA) is 80.9 Å². The van der Waals surface area contributed by atoms with Crippen molar-refractivity contribution >= 4 is 21.9 Å². The second kappa shape index (κ2) is 5.32. The number of nitrogens with zero attached hydrogens (tertiary/aromatic N) is 4. The normalized spacial score (nSPS) is 14.0. The van der Waals surface area contributed by atoms with Gasteiger partial charge >= 0.3 is 5.97 Å². The Kier molecular flexibility index (Phi) is 3.89. The van der Waals surface area contributed by atoms with Crippen molar-refractivity contribution in [3.63, 3.8) is 0 Å². The van der Waals surface area contributed by atoms with Gasteiger partial charge in [0.25, 0.3) is 0 Å². The Labute approximate surface area is 124 Å². The Morgan fingerprint density at radius 2 is 2.20 bits per heavy atom. The van der Waals surface area contributed by atoms with Gasteiger partial charge < -0.3 is 5.11 Å². The molecule has 0 aliphatic heterocycles. The molecule has 0 spiro atoms. The molecule has 7 heteroatoms. The van der Waals surface area contributed by atoms with E-state index in [-0.39, 0.29) is 0 Å². The average molecular weight is 339 g/mol. The number of carboxylic acids is 1. The molecule has 0 aliphatic carbocycles. The molecular formula is C13H15BrN4O2. The largest absolute Gasteiger partial charge is 0.479 e. The Morgan fingerprint density at radius 1 is 1.50 bits per heavy atom. The van der Waals surface area contributed by atoms with Gasteiger partial charge in [-0.15, -0.1) is 5.10 Å². The molecule has 0 fully saturated rings. The molecule has 0 saturated heterocycles. The smallest absolute Gasteiger partial charge is 0.331 e. The van der Waals surface area contributed by atoms with Crippen LogP contribution in [0, 0.1) is 6.92 Å². The van der Waals surface area contributed by atoms with E-state index < -0.39 is 11.5 Å². The van der Waals surface area contributed by atoms with E-state index in [2.05, 4.69) is 31.5 Å². The van der Waals surface area contributed by atoms with Crippen molar-refractivity contribution in [2.75, 3.05) is 0 Å². The lowest BCUT2D eigenvalue weighted by atomic mass is 9.99. The van der Waals surface area contributed by atoms with Crippen LogP contribution in [0.25, 0.3) is 11.4 Å². The Balaban J connectivity index is 2.61. The number of carboxylic acid groups (broad SMARTS) is 1. The second-order valence-electron chi connectivity index (χ2n) is 4.83. The standard InChI is InChI=1S/C13H15BrN4O2/c1-4-13(3,12(19)20)18-11(15-16-17-18)9-6-5-8(2)7-10(9)14/h5-7H,4H2,1-3H3,(H,19,20). The van der Waals surface area contributed by atoms with E-state index in [1.165, 1.54) is 4.68 Å². The Bertz CT molecular complexity index is 656. The van der Waals surface area contributed by atoms with E-state index in [9.17, 15) is 9.90 Å². The number of tetrazole rings is 1. The number of hydrogen-bond donors (Lipinski definition) is 1. The summed E-state index contributed by atoms with van der Waals surface area (Å²) in [6.07, 6.45) is 0.379. The van der Waals surface area contributed by atoms with Crippen LogP contribution in [0.1, 0.15) is 25.8 Å². The first-order valence-corrected chi connectivity index (χ1v) is 6.98. The number of aromatic nitrogens is 4. The van der Waals surface area contributed by atoms with Gasteiger partial charge in [-0.2, -0.15) is 0 Å². The lowest BCUT2D eigenvalue weighted by Crippen LogP contribution is -2.39. The zero-order chi connectivity index (χ0) is 14.9. The fourth-order valence-corrected chi connectivity index (χ4v) is 2.55. The van der Waals surface area contributed by atoms with E-state index >= 15 is 0 Å². The van der Waals surface area contributed by atoms with Crippen LogP contribution in [-0.2, 0) is 10.3 Å². The van der Waals surface area contributed by atoms with E-state index in [4.69, 9.17) is 0 Å². The summed E-state index contributed by atoms with van der Waals surface area (Å²) >= 11 is 3.47. The number of benzene rings is 1. The minimum atomic E-state index is -1.18. The van der Waals surface area contributed by atoms with Crippen molar-refractivity contribution < 1.29 is 9.90 Å². The Hall–Kier alpha value is -1.76. The SMILES string of the molecule is CCC(C)(C(=O)O)n1nnnc1-c1ccc(C)cc1Br. The molecule has 1 atom stereocenters. The van der Waals surface area contributed by atoms with Gasteiger partial charge in [0.05, 0.1) is 0 Å². The second-order valence-corrected chi connectivity index (χ2v) is 5.68. The molecular weight excluding hydrogens is 324 g/mol. The maximum absolute atomic E-state index is 11.5. The summed E-state index contributed by atoms with van der Waals surface area (Å²) in [5.41, 5.74) is 0.682. The van der Waals surface area contributed by atoms with Gasteiger partial charge in [-0.1, -0.05) is 28.9 Å². The van der Waals surface area contributed by atoms with Crippen molar-refractivity contribution in [3.05, 3.63) is 28.2 Å². The van der Waals surface area contributed by atoms with Crippen LogP contribution in [0.3, 0.4) is 0 Å². The van der Waals surface area contributed by atoms with Gasteiger partial charge in [-0.05, 0) is 48.4 Å². The number of hydrogen-bond acceptors (Lipinski definition) is 4. The summed E-state index contributed by atoms with van der Waals surface area (Å²) in [5.74, 6) is -0.527. The van der Waals surface area contributed by atoms with Crippen LogP contribution in [0.4, 0.5) is 0 Å². The van der Waals surface area contributed by atoms with Crippen molar-refractivity contribution in [2.45, 2.75) is 32.7 Å². The minimum absolute atomic E-state index is 0.379. The van der Waals surface area contributed by atoms with E-state index in [0.717, 1.165) is 15.6 Å². The van der Waals surface area contributed by atoms with Gasteiger partial charge in [0.15, 0.2) is 11.4 Å². The van der Waals surface area contributed by atoms with Crippen molar-refractivity contribution in [2.24, 2.45) is 0 Å². The lowest BCUT2D eigenvalue weighted by molar-refractivity contribution is -0.147. The highest BCUT2D eigenvalue weighted by Crippen LogP contribution is 2.31. The molecule has 1 N–H and O–H groups in total. The van der Waals surface area contributed by atoms with Gasteiger partial charge in [-0.25, -0.2) is 9.48 Å². The number of halogens is 1. The third-order valence-electron chi connectivity index (χ3n) is 3.45. The predicted molar refractivity (Wildman–Crippen MR) is 77.3 cm³/mol.